The van der Waals surface area contributed by atoms with Gasteiger partial charge in [-0.05, 0) is 45.1 Å². The lowest BCUT2D eigenvalue weighted by Gasteiger charge is -2.27. The highest BCUT2D eigenvalue weighted by atomic mass is 16.6. The van der Waals surface area contributed by atoms with E-state index in [1.54, 1.807) is 27.7 Å². The third kappa shape index (κ3) is 87.8. The first-order valence-corrected chi connectivity index (χ1v) is 27.7. The fourth-order valence-electron chi connectivity index (χ4n) is 4.81. The molecule has 0 bridgehead atoms. The largest absolute Gasteiger partial charge is 0.550 e. The Balaban J connectivity index is -0.000000115. The van der Waals surface area contributed by atoms with Crippen molar-refractivity contribution in [1.29, 1.82) is 0 Å². The van der Waals surface area contributed by atoms with Gasteiger partial charge in [0.25, 0.3) is 0 Å². The number of carbonyl (C=O) groups is 12. The van der Waals surface area contributed by atoms with Gasteiger partial charge in [-0.25, -0.2) is 14.4 Å². The molecule has 1 fully saturated rings. The van der Waals surface area contributed by atoms with Crippen molar-refractivity contribution in [2.24, 2.45) is 0 Å². The molecule has 0 aromatic carbocycles. The van der Waals surface area contributed by atoms with E-state index in [0.29, 0.717) is 19.3 Å². The molecule has 1 aliphatic rings. The van der Waals surface area contributed by atoms with Crippen molar-refractivity contribution < 1.29 is 161 Å². The summed E-state index contributed by atoms with van der Waals surface area (Å²) < 4.78 is 21.0. The molecule has 0 spiro atoms. The second kappa shape index (κ2) is 56.5. The monoisotopic (exact) mass is 1300 g/mol. The number of hydrogen-bond acceptors (Lipinski definition) is 26. The van der Waals surface area contributed by atoms with Gasteiger partial charge in [0, 0.05) is 46.1 Å². The van der Waals surface area contributed by atoms with E-state index in [1.165, 1.54) is 20.8 Å². The van der Waals surface area contributed by atoms with Crippen LogP contribution in [0.5, 0.6) is 0 Å². The number of likely N-dealkylation sites (N-methyl/N-ethyl adjacent to an activating group) is 4. The molecule has 528 valence electrons. The first-order valence-electron chi connectivity index (χ1n) is 27.7. The molecule has 0 saturated carbocycles. The summed E-state index contributed by atoms with van der Waals surface area (Å²) in [5.74, 6) is -13.6. The zero-order valence-corrected chi connectivity index (χ0v) is 55.9. The average Bonchev–Trinajstić information content (AvgIpc) is 4.11. The Morgan fingerprint density at radius 1 is 0.461 bits per heavy atom. The van der Waals surface area contributed by atoms with Crippen molar-refractivity contribution in [3.8, 4) is 0 Å². The zero-order valence-electron chi connectivity index (χ0n) is 55.9. The molecule has 0 aromatic heterocycles. The summed E-state index contributed by atoms with van der Waals surface area (Å²) in [4.78, 5) is 122. The number of aliphatic hydroxyl groups excluding tert-OH is 4. The van der Waals surface area contributed by atoms with Gasteiger partial charge in [0.15, 0.2) is 18.3 Å². The van der Waals surface area contributed by atoms with Crippen LogP contribution < -0.4 is 25.7 Å². The highest BCUT2D eigenvalue weighted by molar-refractivity contribution is 5.86. The Hall–Kier alpha value is -6.76. The summed E-state index contributed by atoms with van der Waals surface area (Å²) in [7, 11) is 24.6. The number of quaternary nitrogens is 4. The number of carbonyl (C=O) groups excluding carboxylic acids is 8. The van der Waals surface area contributed by atoms with E-state index in [9.17, 15) is 78.0 Å². The minimum Gasteiger partial charge on any atom is -0.550 e. The van der Waals surface area contributed by atoms with Crippen molar-refractivity contribution in [1.82, 2.24) is 5.32 Å². The van der Waals surface area contributed by atoms with E-state index in [2.05, 4.69) is 109 Å². The van der Waals surface area contributed by atoms with Crippen LogP contribution in [0.25, 0.3) is 0 Å². The van der Waals surface area contributed by atoms with Gasteiger partial charge in [-0.1, -0.05) is 27.7 Å². The topological polar surface area (TPSA) is 528 Å². The third-order valence-electron chi connectivity index (χ3n) is 9.49. The van der Waals surface area contributed by atoms with E-state index >= 15 is 0 Å². The Morgan fingerprint density at radius 3 is 0.787 bits per heavy atom. The third-order valence-corrected chi connectivity index (χ3v) is 9.49. The molecule has 6 atom stereocenters. The molecule has 5 unspecified atom stereocenters. The molecule has 10 N–H and O–H groups in total. The average molecular weight is 1300 g/mol. The van der Waals surface area contributed by atoms with Gasteiger partial charge in [0.1, 0.15) is 37.9 Å². The van der Waals surface area contributed by atoms with Crippen molar-refractivity contribution in [2.45, 2.75) is 143 Å². The molecule has 0 aromatic rings. The van der Waals surface area contributed by atoms with Gasteiger partial charge in [-0.3, -0.25) is 24.0 Å². The summed E-state index contributed by atoms with van der Waals surface area (Å²) >= 11 is 0. The van der Waals surface area contributed by atoms with Crippen LogP contribution in [0.4, 0.5) is 0 Å². The molecule has 34 nitrogen and oxygen atoms in total. The predicted octanol–water partition coefficient (Wildman–Crippen LogP) is -6.37. The van der Waals surface area contributed by atoms with Crippen molar-refractivity contribution in [3.05, 3.63) is 0 Å². The number of aliphatic hydroxyl groups is 5. The van der Waals surface area contributed by atoms with Crippen LogP contribution in [0.15, 0.2) is 0 Å². The number of hydrogen-bond donors (Lipinski definition) is 10. The number of aliphatic carboxylic acids is 8. The Kier molecular flexibility index (Phi) is 64.2. The van der Waals surface area contributed by atoms with Crippen LogP contribution in [0.2, 0.25) is 0 Å². The Morgan fingerprint density at radius 2 is 0.708 bits per heavy atom. The van der Waals surface area contributed by atoms with Gasteiger partial charge in [0.05, 0.1) is 135 Å². The maximum atomic E-state index is 10.2. The van der Waals surface area contributed by atoms with Crippen molar-refractivity contribution in [3.63, 3.8) is 0 Å². The highest BCUT2D eigenvalue weighted by Crippen LogP contribution is 2.14. The summed E-state index contributed by atoms with van der Waals surface area (Å²) in [6, 6.07) is -0.380. The fourth-order valence-corrected chi connectivity index (χ4v) is 4.81. The molecular formula is C55H109N5O29. The van der Waals surface area contributed by atoms with Gasteiger partial charge >= 0.3 is 47.8 Å². The first-order chi connectivity index (χ1) is 40.1. The van der Waals surface area contributed by atoms with Crippen molar-refractivity contribution >= 4 is 71.6 Å². The fraction of sp³-hybridized carbons (Fsp3) is 0.782. The van der Waals surface area contributed by atoms with E-state index in [1.807, 2.05) is 0 Å². The normalized spacial score (nSPS) is 13.9. The lowest BCUT2D eigenvalue weighted by molar-refractivity contribution is -0.870. The molecular weight excluding hydrogens is 1190 g/mol. The van der Waals surface area contributed by atoms with Crippen LogP contribution in [0.1, 0.15) is 107 Å². The predicted molar refractivity (Wildman–Crippen MR) is 309 cm³/mol. The first kappa shape index (κ1) is 101. The molecule has 1 saturated heterocycles. The maximum absolute atomic E-state index is 10.2. The van der Waals surface area contributed by atoms with Gasteiger partial charge in [-0.15, -0.1) is 0 Å². The summed E-state index contributed by atoms with van der Waals surface area (Å²) in [6.45, 7) is 16.5. The molecule has 89 heavy (non-hydrogen) atoms. The molecule has 1 rings (SSSR count). The molecule has 1 heterocycles. The Labute approximate surface area is 523 Å². The summed E-state index contributed by atoms with van der Waals surface area (Å²) in [5.41, 5.74) is -2.91. The van der Waals surface area contributed by atoms with Crippen LogP contribution in [-0.2, 0) is 76.5 Å². The number of nitrogens with one attached hydrogen (secondary N) is 1. The Bertz CT molecular complexity index is 1770. The molecule has 0 aliphatic carbocycles. The van der Waals surface area contributed by atoms with E-state index < -0.39 is 114 Å². The summed E-state index contributed by atoms with van der Waals surface area (Å²) in [5, 5.41) is 119. The molecule has 34 heteroatoms. The van der Waals surface area contributed by atoms with Crippen molar-refractivity contribution in [2.75, 3.05) is 144 Å². The lowest BCUT2D eigenvalue weighted by atomic mass is 9.96. The molecule has 0 amide bonds. The van der Waals surface area contributed by atoms with Crippen LogP contribution in [-0.4, -0.2) is 315 Å². The van der Waals surface area contributed by atoms with Crippen LogP contribution in [0, 0.1) is 0 Å². The van der Waals surface area contributed by atoms with Gasteiger partial charge in [0.2, 0.25) is 0 Å². The van der Waals surface area contributed by atoms with Gasteiger partial charge < -0.3 is 128 Å². The maximum Gasteiger partial charge on any atom is 0.345 e. The number of esters is 4. The van der Waals surface area contributed by atoms with Gasteiger partial charge in [-0.2, -0.15) is 0 Å². The molecule has 1 aliphatic heterocycles. The smallest absolute Gasteiger partial charge is 0.345 e. The minimum absolute atomic E-state index is 0.238. The number of carboxylic acid groups (broad SMARTS) is 8. The number of nitrogens with zero attached hydrogens (tertiary/aromatic N) is 4. The minimum atomic E-state index is -2.91. The highest BCUT2D eigenvalue weighted by Gasteiger charge is 2.32. The number of rotatable bonds is 26. The molecule has 0 radical (unpaired) electrons. The number of carboxylic acids is 8. The lowest BCUT2D eigenvalue weighted by Crippen LogP contribution is -2.52. The van der Waals surface area contributed by atoms with E-state index in [-0.39, 0.29) is 38.9 Å². The second-order valence-corrected chi connectivity index (χ2v) is 22.7. The van der Waals surface area contributed by atoms with E-state index in [4.69, 9.17) is 46.0 Å². The van der Waals surface area contributed by atoms with E-state index in [0.717, 1.165) is 70.4 Å². The number of ether oxygens (including phenoxy) is 4. The quantitative estimate of drug-likeness (QED) is 0.0219. The van der Waals surface area contributed by atoms with Crippen LogP contribution in [0.3, 0.4) is 0 Å². The van der Waals surface area contributed by atoms with Crippen LogP contribution >= 0.6 is 0 Å². The second-order valence-electron chi connectivity index (χ2n) is 22.7. The standard InChI is InChI=1S/C6H8O7.4C6H10O4.C5H9NO2.4C5H14NO/c7-3(8)1-6(13,5(11)12)2-4(9)10;4*1-3-5(6(8)9)10-4(2)7;7-5(8)4-2-1-3-6-4;4*1-6(2,3)4-5-7/h13H,1-2H2,(H,7,8)(H,9,10)(H,11,12);4*5H,3H2,1-2H3,(H,8,9);4,6H,1-3H2,(H,7,8);4*7H,4-5H2,1-3H3/q;;;;;;4*+1/p-4/t;;;;;4-;;;;/m.....0..../s1. The SMILES string of the molecule is CCC(OC(C)=O)C(=O)O.CCC(OC(C)=O)C(=O)O.CCC(OC(C)=O)C(=O)O.CCC(OC(C)=O)C(=O)[O-].C[N+](C)(C)CCO.C[N+](C)(C)CCO.C[N+](C)(C)CCO.C[N+](C)(C)CCO.O=C([O-])CC(O)(CC(=O)O)C(=O)[O-].O=C([O-])[C@@H]1CCCN1. The summed E-state index contributed by atoms with van der Waals surface area (Å²) in [6.07, 6.45) is -3.81. The zero-order chi connectivity index (χ0) is 72.9.